The Morgan fingerprint density at radius 3 is 2.31 bits per heavy atom. The second-order valence-electron chi connectivity index (χ2n) is 6.30. The first-order valence-corrected chi connectivity index (χ1v) is 6.19. The van der Waals surface area contributed by atoms with Crippen LogP contribution in [0.4, 0.5) is 5.82 Å². The van der Waals surface area contributed by atoms with Crippen molar-refractivity contribution in [2.24, 2.45) is 0 Å². The fourth-order valence-electron chi connectivity index (χ4n) is 2.64. The maximum absolute atomic E-state index is 6.05. The van der Waals surface area contributed by atoms with Gasteiger partial charge in [0.05, 0.1) is 11.2 Å². The number of nitrogens with zero attached hydrogens (tertiary/aromatic N) is 2. The Hall–Kier alpha value is -0.990. The number of rotatable bonds is 1. The van der Waals surface area contributed by atoms with Gasteiger partial charge in [0.1, 0.15) is 5.82 Å². The minimum Gasteiger partial charge on any atom is -0.384 e. The van der Waals surface area contributed by atoms with Crippen molar-refractivity contribution in [3.8, 4) is 0 Å². The van der Waals surface area contributed by atoms with Crippen LogP contribution in [0.25, 0.3) is 0 Å². The number of nitrogen functional groups attached to an aromatic ring is 1. The highest BCUT2D eigenvalue weighted by Crippen LogP contribution is 2.40. The number of hydrogen-bond acceptors (Lipinski definition) is 2. The number of anilines is 1. The van der Waals surface area contributed by atoms with Crippen LogP contribution in [0.1, 0.15) is 59.1 Å². The third kappa shape index (κ3) is 1.83. The van der Waals surface area contributed by atoms with Crippen LogP contribution in [-0.2, 0) is 11.0 Å². The van der Waals surface area contributed by atoms with E-state index in [4.69, 9.17) is 10.8 Å². The second-order valence-corrected chi connectivity index (χ2v) is 6.30. The SMILES string of the molecule is CC1(c2cc(N)n(C(C)(C)C)n2)CCCC1. The maximum atomic E-state index is 6.05. The summed E-state index contributed by atoms with van der Waals surface area (Å²) in [7, 11) is 0. The molecule has 1 aromatic heterocycles. The molecule has 1 aromatic rings. The largest absolute Gasteiger partial charge is 0.384 e. The maximum Gasteiger partial charge on any atom is 0.122 e. The second kappa shape index (κ2) is 3.51. The lowest BCUT2D eigenvalue weighted by molar-refractivity contribution is 0.349. The summed E-state index contributed by atoms with van der Waals surface area (Å²) in [5.41, 5.74) is 7.46. The van der Waals surface area contributed by atoms with Crippen molar-refractivity contribution in [2.75, 3.05) is 5.73 Å². The predicted molar refractivity (Wildman–Crippen MR) is 67.5 cm³/mol. The van der Waals surface area contributed by atoms with E-state index in [1.165, 1.54) is 31.4 Å². The summed E-state index contributed by atoms with van der Waals surface area (Å²) < 4.78 is 1.95. The van der Waals surface area contributed by atoms with E-state index in [9.17, 15) is 0 Å². The first-order valence-electron chi connectivity index (χ1n) is 6.19. The molecule has 1 heterocycles. The van der Waals surface area contributed by atoms with Gasteiger partial charge < -0.3 is 5.73 Å². The molecule has 0 aliphatic heterocycles. The van der Waals surface area contributed by atoms with Gasteiger partial charge >= 0.3 is 0 Å². The van der Waals surface area contributed by atoms with Crippen LogP contribution in [0.2, 0.25) is 0 Å². The molecule has 3 nitrogen and oxygen atoms in total. The molecule has 2 rings (SSSR count). The van der Waals surface area contributed by atoms with Gasteiger partial charge in [0.2, 0.25) is 0 Å². The zero-order chi connectivity index (χ0) is 12.0. The lowest BCUT2D eigenvalue weighted by atomic mass is 9.85. The van der Waals surface area contributed by atoms with Crippen molar-refractivity contribution < 1.29 is 0 Å². The van der Waals surface area contributed by atoms with Gasteiger partial charge in [0.15, 0.2) is 0 Å². The zero-order valence-electron chi connectivity index (χ0n) is 10.9. The van der Waals surface area contributed by atoms with Crippen LogP contribution < -0.4 is 5.73 Å². The molecule has 0 aromatic carbocycles. The summed E-state index contributed by atoms with van der Waals surface area (Å²) in [4.78, 5) is 0. The van der Waals surface area contributed by atoms with E-state index in [2.05, 4.69) is 33.8 Å². The van der Waals surface area contributed by atoms with E-state index in [0.29, 0.717) is 0 Å². The fourth-order valence-corrected chi connectivity index (χ4v) is 2.64. The van der Waals surface area contributed by atoms with Gasteiger partial charge in [-0.2, -0.15) is 5.10 Å². The molecule has 0 atom stereocenters. The summed E-state index contributed by atoms with van der Waals surface area (Å²) >= 11 is 0. The lowest BCUT2D eigenvalue weighted by Gasteiger charge is -2.23. The predicted octanol–water partition coefficient (Wildman–Crippen LogP) is 3.05. The van der Waals surface area contributed by atoms with E-state index in [-0.39, 0.29) is 11.0 Å². The van der Waals surface area contributed by atoms with Crippen molar-refractivity contribution in [1.82, 2.24) is 9.78 Å². The molecule has 90 valence electrons. The van der Waals surface area contributed by atoms with E-state index in [0.717, 1.165) is 5.82 Å². The highest BCUT2D eigenvalue weighted by atomic mass is 15.3. The van der Waals surface area contributed by atoms with Gasteiger partial charge in [0, 0.05) is 11.5 Å². The summed E-state index contributed by atoms with van der Waals surface area (Å²) in [5, 5.41) is 4.73. The number of aromatic nitrogens is 2. The van der Waals surface area contributed by atoms with E-state index < -0.39 is 0 Å². The van der Waals surface area contributed by atoms with Crippen molar-refractivity contribution in [2.45, 2.75) is 64.3 Å². The molecule has 0 amide bonds. The van der Waals surface area contributed by atoms with Crippen molar-refractivity contribution in [3.63, 3.8) is 0 Å². The third-order valence-corrected chi connectivity index (χ3v) is 3.70. The molecule has 16 heavy (non-hydrogen) atoms. The number of hydrogen-bond donors (Lipinski definition) is 1. The molecular formula is C13H23N3. The molecule has 1 aliphatic rings. The van der Waals surface area contributed by atoms with Crippen LogP contribution >= 0.6 is 0 Å². The minimum atomic E-state index is -0.0305. The molecule has 1 saturated carbocycles. The number of nitrogens with two attached hydrogens (primary N) is 1. The molecule has 0 radical (unpaired) electrons. The topological polar surface area (TPSA) is 43.8 Å². The smallest absolute Gasteiger partial charge is 0.122 e. The Kier molecular flexibility index (Phi) is 2.52. The molecule has 0 bridgehead atoms. The normalized spacial score (nSPS) is 20.2. The standard InChI is InChI=1S/C13H23N3/c1-12(2,3)16-11(14)9-10(15-16)13(4)7-5-6-8-13/h9H,5-8,14H2,1-4H3. The zero-order valence-corrected chi connectivity index (χ0v) is 10.9. The van der Waals surface area contributed by atoms with Gasteiger partial charge in [-0.25, -0.2) is 4.68 Å². The van der Waals surface area contributed by atoms with Gasteiger partial charge in [-0.05, 0) is 33.6 Å². The van der Waals surface area contributed by atoms with Gasteiger partial charge in [-0.3, -0.25) is 0 Å². The third-order valence-electron chi connectivity index (χ3n) is 3.70. The van der Waals surface area contributed by atoms with Crippen LogP contribution in [0.15, 0.2) is 6.07 Å². The average Bonchev–Trinajstić information content (AvgIpc) is 2.71. The Morgan fingerprint density at radius 1 is 1.31 bits per heavy atom. The molecule has 0 unspecified atom stereocenters. The Balaban J connectivity index is 2.38. The fraction of sp³-hybridized carbons (Fsp3) is 0.769. The molecule has 3 heteroatoms. The van der Waals surface area contributed by atoms with Crippen LogP contribution in [0.3, 0.4) is 0 Å². The van der Waals surface area contributed by atoms with Crippen molar-refractivity contribution in [3.05, 3.63) is 11.8 Å². The first kappa shape index (κ1) is 11.5. The van der Waals surface area contributed by atoms with Crippen LogP contribution in [0.5, 0.6) is 0 Å². The molecule has 1 aliphatic carbocycles. The highest BCUT2D eigenvalue weighted by Gasteiger charge is 2.34. The highest BCUT2D eigenvalue weighted by molar-refractivity contribution is 5.35. The Labute approximate surface area is 98.0 Å². The van der Waals surface area contributed by atoms with Crippen molar-refractivity contribution >= 4 is 5.82 Å². The Bertz CT molecular complexity index is 378. The van der Waals surface area contributed by atoms with Gasteiger partial charge in [-0.1, -0.05) is 19.8 Å². The monoisotopic (exact) mass is 221 g/mol. The van der Waals surface area contributed by atoms with E-state index >= 15 is 0 Å². The first-order chi connectivity index (χ1) is 7.33. The van der Waals surface area contributed by atoms with Crippen molar-refractivity contribution in [1.29, 1.82) is 0 Å². The molecular weight excluding hydrogens is 198 g/mol. The summed E-state index contributed by atoms with van der Waals surface area (Å²) in [6.45, 7) is 8.72. The van der Waals surface area contributed by atoms with E-state index in [1.54, 1.807) is 0 Å². The summed E-state index contributed by atoms with van der Waals surface area (Å²) in [5.74, 6) is 0.788. The summed E-state index contributed by atoms with van der Waals surface area (Å²) in [6, 6.07) is 2.07. The summed E-state index contributed by atoms with van der Waals surface area (Å²) in [6.07, 6.45) is 5.12. The molecule has 0 saturated heterocycles. The van der Waals surface area contributed by atoms with Crippen LogP contribution in [-0.4, -0.2) is 9.78 Å². The average molecular weight is 221 g/mol. The van der Waals surface area contributed by atoms with Gasteiger partial charge in [-0.15, -0.1) is 0 Å². The lowest BCUT2D eigenvalue weighted by Crippen LogP contribution is -2.26. The van der Waals surface area contributed by atoms with Crippen LogP contribution in [0, 0.1) is 0 Å². The quantitative estimate of drug-likeness (QED) is 0.792. The molecule has 1 fully saturated rings. The van der Waals surface area contributed by atoms with E-state index in [1.807, 2.05) is 4.68 Å². The molecule has 2 N–H and O–H groups in total. The Morgan fingerprint density at radius 2 is 1.88 bits per heavy atom. The minimum absolute atomic E-state index is 0.0305. The van der Waals surface area contributed by atoms with Gasteiger partial charge in [0.25, 0.3) is 0 Å². The molecule has 0 spiro atoms.